The Labute approximate surface area is 148 Å². The van der Waals surface area contributed by atoms with Gasteiger partial charge in [0.15, 0.2) is 5.78 Å². The number of halogens is 1. The number of carbonyl (C=O) groups excluding carboxylic acids is 2. The summed E-state index contributed by atoms with van der Waals surface area (Å²) < 4.78 is 6.24. The van der Waals surface area contributed by atoms with Crippen molar-refractivity contribution >= 4 is 23.3 Å². The van der Waals surface area contributed by atoms with Crippen molar-refractivity contribution in [2.45, 2.75) is 45.6 Å². The number of alkyl halides is 1. The van der Waals surface area contributed by atoms with Crippen molar-refractivity contribution in [1.29, 1.82) is 0 Å². The van der Waals surface area contributed by atoms with Crippen molar-refractivity contribution in [2.24, 2.45) is 5.41 Å². The zero-order valence-electron chi connectivity index (χ0n) is 14.5. The van der Waals surface area contributed by atoms with Crippen LogP contribution in [0.15, 0.2) is 18.2 Å². The molecule has 3 rings (SSSR count). The lowest BCUT2D eigenvalue weighted by atomic mass is 9.81. The maximum absolute atomic E-state index is 12.6. The number of likely N-dealkylation sites (tertiary alicyclic amines) is 1. The number of Topliss-reactive ketones (excluding diaryl/α,β-unsaturated/α-hetero) is 1. The minimum atomic E-state index is -0.556. The van der Waals surface area contributed by atoms with Gasteiger partial charge in [-0.2, -0.15) is 0 Å². The smallest absolute Gasteiger partial charge is 0.229 e. The van der Waals surface area contributed by atoms with E-state index in [1.807, 2.05) is 43.9 Å². The van der Waals surface area contributed by atoms with Crippen LogP contribution in [0.4, 0.5) is 0 Å². The summed E-state index contributed by atoms with van der Waals surface area (Å²) in [6.07, 6.45) is 1.75. The Bertz CT molecular complexity index is 675. The van der Waals surface area contributed by atoms with Crippen LogP contribution in [0.3, 0.4) is 0 Å². The lowest BCUT2D eigenvalue weighted by Gasteiger charge is -2.45. The van der Waals surface area contributed by atoms with E-state index in [0.717, 1.165) is 5.56 Å². The molecule has 5 heteroatoms. The number of hydrogen-bond donors (Lipinski definition) is 0. The third-order valence-corrected chi connectivity index (χ3v) is 5.79. The van der Waals surface area contributed by atoms with Gasteiger partial charge in [-0.3, -0.25) is 9.59 Å². The summed E-state index contributed by atoms with van der Waals surface area (Å²) in [4.78, 5) is 27.0. The zero-order valence-corrected chi connectivity index (χ0v) is 15.3. The first-order chi connectivity index (χ1) is 11.3. The molecule has 0 radical (unpaired) electrons. The van der Waals surface area contributed by atoms with Gasteiger partial charge in [0, 0.05) is 31.8 Å². The molecule has 0 unspecified atom stereocenters. The molecule has 0 saturated carbocycles. The molecular formula is C19H24ClNO3. The highest BCUT2D eigenvalue weighted by Crippen LogP contribution is 2.40. The molecule has 1 spiro atoms. The van der Waals surface area contributed by atoms with Crippen LogP contribution in [0.1, 0.15) is 49.0 Å². The number of carbonyl (C=O) groups is 2. The monoisotopic (exact) mass is 349 g/mol. The van der Waals surface area contributed by atoms with E-state index in [4.69, 9.17) is 16.3 Å². The van der Waals surface area contributed by atoms with E-state index < -0.39 is 11.0 Å². The van der Waals surface area contributed by atoms with Crippen LogP contribution in [-0.4, -0.2) is 41.2 Å². The number of fused-ring (bicyclic) bond motifs is 1. The number of piperidine rings is 1. The van der Waals surface area contributed by atoms with E-state index in [2.05, 4.69) is 0 Å². The normalized spacial score (nSPS) is 19.8. The number of hydrogen-bond acceptors (Lipinski definition) is 3. The van der Waals surface area contributed by atoms with Crippen LogP contribution in [0.25, 0.3) is 0 Å². The average Bonchev–Trinajstić information content (AvgIpc) is 2.56. The van der Waals surface area contributed by atoms with Crippen molar-refractivity contribution in [1.82, 2.24) is 4.90 Å². The predicted octanol–water partition coefficient (Wildman–Crippen LogP) is 3.59. The summed E-state index contributed by atoms with van der Waals surface area (Å²) in [6, 6.07) is 5.75. The number of aryl methyl sites for hydroxylation is 1. The molecule has 1 amide bonds. The van der Waals surface area contributed by atoms with Crippen LogP contribution in [0.5, 0.6) is 5.75 Å². The van der Waals surface area contributed by atoms with Gasteiger partial charge in [0.2, 0.25) is 5.91 Å². The quantitative estimate of drug-likeness (QED) is 0.766. The molecular weight excluding hydrogens is 326 g/mol. The second-order valence-electron chi connectivity index (χ2n) is 7.69. The Kier molecular flexibility index (Phi) is 4.37. The summed E-state index contributed by atoms with van der Waals surface area (Å²) in [5, 5.41) is 0. The Morgan fingerprint density at radius 2 is 2.00 bits per heavy atom. The van der Waals surface area contributed by atoms with Crippen molar-refractivity contribution in [3.63, 3.8) is 0 Å². The number of rotatable bonds is 2. The van der Waals surface area contributed by atoms with Gasteiger partial charge in [0.25, 0.3) is 0 Å². The third kappa shape index (κ3) is 3.04. The molecule has 2 aliphatic rings. The molecule has 1 aromatic carbocycles. The van der Waals surface area contributed by atoms with Crippen LogP contribution < -0.4 is 4.74 Å². The van der Waals surface area contributed by atoms with Gasteiger partial charge in [0.1, 0.15) is 11.4 Å². The lowest BCUT2D eigenvalue weighted by Crippen LogP contribution is -2.54. The standard InChI is InChI=1S/C19H24ClNO3/c1-13-4-5-16-14(10-13)15(22)11-19(24-16)6-8-21(9-7-19)17(23)18(2,3)12-20/h4-5,10H,6-9,11-12H2,1-3H3. The molecule has 2 aliphatic heterocycles. The Morgan fingerprint density at radius 1 is 1.33 bits per heavy atom. The van der Waals surface area contributed by atoms with Gasteiger partial charge in [-0.05, 0) is 32.9 Å². The minimum absolute atomic E-state index is 0.0745. The summed E-state index contributed by atoms with van der Waals surface area (Å²) in [5.41, 5.74) is 0.716. The van der Waals surface area contributed by atoms with Crippen LogP contribution >= 0.6 is 11.6 Å². The number of nitrogens with zero attached hydrogens (tertiary/aromatic N) is 1. The van der Waals surface area contributed by atoms with Crippen molar-refractivity contribution < 1.29 is 14.3 Å². The van der Waals surface area contributed by atoms with Crippen molar-refractivity contribution in [3.05, 3.63) is 29.3 Å². The second-order valence-corrected chi connectivity index (χ2v) is 7.96. The van der Waals surface area contributed by atoms with Crippen LogP contribution in [0, 0.1) is 12.3 Å². The van der Waals surface area contributed by atoms with Crippen molar-refractivity contribution in [2.75, 3.05) is 19.0 Å². The van der Waals surface area contributed by atoms with E-state index in [-0.39, 0.29) is 11.7 Å². The maximum Gasteiger partial charge on any atom is 0.229 e. The van der Waals surface area contributed by atoms with Gasteiger partial charge in [-0.1, -0.05) is 11.6 Å². The zero-order chi connectivity index (χ0) is 17.5. The van der Waals surface area contributed by atoms with Gasteiger partial charge in [-0.25, -0.2) is 0 Å². The number of ether oxygens (including phenoxy) is 1. The fourth-order valence-electron chi connectivity index (χ4n) is 3.49. The summed E-state index contributed by atoms with van der Waals surface area (Å²) in [5.74, 6) is 1.19. The summed E-state index contributed by atoms with van der Waals surface area (Å²) in [7, 11) is 0. The SMILES string of the molecule is Cc1ccc2c(c1)C(=O)CC1(CCN(C(=O)C(C)(C)CCl)CC1)O2. The molecule has 0 bridgehead atoms. The highest BCUT2D eigenvalue weighted by Gasteiger charge is 2.45. The van der Waals surface area contributed by atoms with Gasteiger partial charge in [-0.15, -0.1) is 11.6 Å². The fourth-order valence-corrected chi connectivity index (χ4v) is 3.60. The Morgan fingerprint density at radius 3 is 2.62 bits per heavy atom. The van der Waals surface area contributed by atoms with E-state index in [9.17, 15) is 9.59 Å². The second kappa shape index (κ2) is 6.07. The van der Waals surface area contributed by atoms with E-state index in [1.54, 1.807) is 0 Å². The molecule has 4 nitrogen and oxygen atoms in total. The van der Waals surface area contributed by atoms with E-state index in [1.165, 1.54) is 0 Å². The number of benzene rings is 1. The molecule has 130 valence electrons. The molecule has 24 heavy (non-hydrogen) atoms. The third-order valence-electron chi connectivity index (χ3n) is 5.12. The van der Waals surface area contributed by atoms with Crippen molar-refractivity contribution in [3.8, 4) is 5.75 Å². The number of amides is 1. The lowest BCUT2D eigenvalue weighted by molar-refractivity contribution is -0.142. The van der Waals surface area contributed by atoms with Gasteiger partial charge < -0.3 is 9.64 Å². The first kappa shape index (κ1) is 17.3. The highest BCUT2D eigenvalue weighted by molar-refractivity contribution is 6.19. The molecule has 0 aromatic heterocycles. The van der Waals surface area contributed by atoms with Gasteiger partial charge in [0.05, 0.1) is 17.4 Å². The molecule has 0 aliphatic carbocycles. The Balaban J connectivity index is 1.74. The largest absolute Gasteiger partial charge is 0.486 e. The Hall–Kier alpha value is -1.55. The summed E-state index contributed by atoms with van der Waals surface area (Å²) in [6.45, 7) is 6.92. The minimum Gasteiger partial charge on any atom is -0.486 e. The molecule has 1 saturated heterocycles. The van der Waals surface area contributed by atoms with Gasteiger partial charge >= 0.3 is 0 Å². The van der Waals surface area contributed by atoms with E-state index in [0.29, 0.717) is 49.5 Å². The summed E-state index contributed by atoms with van der Waals surface area (Å²) >= 11 is 5.92. The molecule has 1 fully saturated rings. The average molecular weight is 350 g/mol. The topological polar surface area (TPSA) is 46.6 Å². The first-order valence-electron chi connectivity index (χ1n) is 8.45. The fraction of sp³-hybridized carbons (Fsp3) is 0.579. The maximum atomic E-state index is 12.6. The number of ketones is 1. The van der Waals surface area contributed by atoms with Crippen LogP contribution in [-0.2, 0) is 4.79 Å². The highest BCUT2D eigenvalue weighted by atomic mass is 35.5. The molecule has 1 aromatic rings. The predicted molar refractivity (Wildman–Crippen MR) is 93.8 cm³/mol. The molecule has 2 heterocycles. The molecule has 0 N–H and O–H groups in total. The molecule has 0 atom stereocenters. The van der Waals surface area contributed by atoms with E-state index >= 15 is 0 Å². The first-order valence-corrected chi connectivity index (χ1v) is 8.98. The van der Waals surface area contributed by atoms with Crippen LogP contribution in [0.2, 0.25) is 0 Å².